The summed E-state index contributed by atoms with van der Waals surface area (Å²) in [6, 6.07) is 16.3. The molecule has 1 saturated heterocycles. The highest BCUT2D eigenvalue weighted by atomic mass is 19.1. The van der Waals surface area contributed by atoms with Crippen molar-refractivity contribution in [2.45, 2.75) is 6.54 Å². The highest BCUT2D eigenvalue weighted by Gasteiger charge is 2.21. The number of carbonyl (C=O) groups is 1. The topological polar surface area (TPSA) is 77.9 Å². The van der Waals surface area contributed by atoms with Gasteiger partial charge in [0.2, 0.25) is 5.88 Å². The van der Waals surface area contributed by atoms with Crippen LogP contribution in [0, 0.1) is 5.82 Å². The molecule has 0 spiro atoms. The molecule has 0 bridgehead atoms. The number of halogens is 1. The molecule has 0 aliphatic carbocycles. The van der Waals surface area contributed by atoms with E-state index >= 15 is 0 Å². The molecule has 2 heterocycles. The van der Waals surface area contributed by atoms with Crippen molar-refractivity contribution in [1.29, 1.82) is 0 Å². The number of nitrogens with one attached hydrogen (secondary N) is 1. The van der Waals surface area contributed by atoms with Crippen LogP contribution in [-0.2, 0) is 6.54 Å². The summed E-state index contributed by atoms with van der Waals surface area (Å²) in [7, 11) is 0. The Morgan fingerprint density at radius 1 is 1.06 bits per heavy atom. The monoisotopic (exact) mass is 422 g/mol. The van der Waals surface area contributed by atoms with E-state index in [2.05, 4.69) is 15.2 Å². The Morgan fingerprint density at radius 2 is 1.84 bits per heavy atom. The van der Waals surface area contributed by atoms with Crippen molar-refractivity contribution in [1.82, 2.24) is 15.2 Å². The Kier molecular flexibility index (Phi) is 6.16. The van der Waals surface area contributed by atoms with Crippen LogP contribution in [0.4, 0.5) is 14.9 Å². The number of amides is 2. The maximum Gasteiger partial charge on any atom is 0.317 e. The van der Waals surface area contributed by atoms with E-state index in [4.69, 9.17) is 4.74 Å². The molecular weight excluding hydrogens is 399 g/mol. The second kappa shape index (κ2) is 9.34. The maximum atomic E-state index is 13.0. The number of benzene rings is 2. The standard InChI is InChI=1S/C23H23FN4O3/c24-18-5-7-21(8-6-18)31-22-9-4-17(15-25-22)16-26-23(30)28-12-10-27(11-13-28)19-2-1-3-20(29)14-19/h1-9,14-15,29H,10-13,16H2,(H,26,30). The molecule has 0 radical (unpaired) electrons. The second-order valence-corrected chi connectivity index (χ2v) is 7.21. The number of anilines is 1. The lowest BCUT2D eigenvalue weighted by Crippen LogP contribution is -2.51. The first-order valence-corrected chi connectivity index (χ1v) is 10.0. The predicted molar refractivity (Wildman–Crippen MR) is 115 cm³/mol. The fraction of sp³-hybridized carbons (Fsp3) is 0.217. The van der Waals surface area contributed by atoms with E-state index in [1.807, 2.05) is 18.2 Å². The Hall–Kier alpha value is -3.81. The number of ether oxygens (including phenoxy) is 1. The first-order valence-electron chi connectivity index (χ1n) is 10.0. The molecule has 160 valence electrons. The van der Waals surface area contributed by atoms with E-state index in [0.717, 1.165) is 11.3 Å². The van der Waals surface area contributed by atoms with Crippen molar-refractivity contribution in [3.8, 4) is 17.4 Å². The predicted octanol–water partition coefficient (Wildman–Crippen LogP) is 3.75. The summed E-state index contributed by atoms with van der Waals surface area (Å²) in [6.07, 6.45) is 1.64. The van der Waals surface area contributed by atoms with Gasteiger partial charge >= 0.3 is 6.03 Å². The lowest BCUT2D eigenvalue weighted by atomic mass is 10.2. The number of aromatic nitrogens is 1. The number of pyridine rings is 1. The average molecular weight is 422 g/mol. The molecule has 3 aromatic rings. The van der Waals surface area contributed by atoms with Crippen LogP contribution in [0.5, 0.6) is 17.4 Å². The molecule has 4 rings (SSSR count). The minimum Gasteiger partial charge on any atom is -0.508 e. The van der Waals surface area contributed by atoms with Crippen molar-refractivity contribution < 1.29 is 19.0 Å². The van der Waals surface area contributed by atoms with Crippen LogP contribution < -0.4 is 15.0 Å². The van der Waals surface area contributed by atoms with Gasteiger partial charge in [0, 0.05) is 56.7 Å². The third-order valence-corrected chi connectivity index (χ3v) is 5.04. The summed E-state index contributed by atoms with van der Waals surface area (Å²) < 4.78 is 18.5. The van der Waals surface area contributed by atoms with E-state index in [1.165, 1.54) is 24.3 Å². The average Bonchev–Trinajstić information content (AvgIpc) is 2.80. The van der Waals surface area contributed by atoms with Crippen molar-refractivity contribution in [3.63, 3.8) is 0 Å². The molecule has 8 heteroatoms. The fourth-order valence-corrected chi connectivity index (χ4v) is 3.35. The van der Waals surface area contributed by atoms with Gasteiger partial charge in [0.1, 0.15) is 17.3 Å². The summed E-state index contributed by atoms with van der Waals surface area (Å²) in [4.78, 5) is 20.6. The zero-order valence-electron chi connectivity index (χ0n) is 16.9. The van der Waals surface area contributed by atoms with Crippen LogP contribution in [-0.4, -0.2) is 47.2 Å². The molecule has 2 N–H and O–H groups in total. The summed E-state index contributed by atoms with van der Waals surface area (Å²) in [6.45, 7) is 2.96. The first-order chi connectivity index (χ1) is 15.1. The van der Waals surface area contributed by atoms with Crippen LogP contribution in [0.2, 0.25) is 0 Å². The van der Waals surface area contributed by atoms with Gasteiger partial charge in [0.25, 0.3) is 0 Å². The van der Waals surface area contributed by atoms with E-state index in [-0.39, 0.29) is 17.6 Å². The van der Waals surface area contributed by atoms with Crippen molar-refractivity contribution >= 4 is 11.7 Å². The molecular formula is C23H23FN4O3. The van der Waals surface area contributed by atoms with Gasteiger partial charge in [0.15, 0.2) is 0 Å². The Balaban J connectivity index is 1.24. The highest BCUT2D eigenvalue weighted by molar-refractivity contribution is 5.74. The number of nitrogens with zero attached hydrogens (tertiary/aromatic N) is 3. The zero-order valence-corrected chi connectivity index (χ0v) is 16.9. The Morgan fingerprint density at radius 3 is 2.52 bits per heavy atom. The smallest absolute Gasteiger partial charge is 0.317 e. The lowest BCUT2D eigenvalue weighted by Gasteiger charge is -2.36. The molecule has 7 nitrogen and oxygen atoms in total. The molecule has 1 aliphatic rings. The third-order valence-electron chi connectivity index (χ3n) is 5.04. The number of piperazine rings is 1. The summed E-state index contributed by atoms with van der Waals surface area (Å²) in [5.74, 6) is 0.803. The minimum absolute atomic E-state index is 0.123. The Labute approximate surface area is 179 Å². The molecule has 0 atom stereocenters. The molecule has 0 unspecified atom stereocenters. The van der Waals surface area contributed by atoms with Crippen LogP contribution in [0.15, 0.2) is 66.9 Å². The number of urea groups is 1. The largest absolute Gasteiger partial charge is 0.508 e. The number of hydrogen-bond donors (Lipinski definition) is 2. The summed E-state index contributed by atoms with van der Waals surface area (Å²) in [5, 5.41) is 12.5. The van der Waals surface area contributed by atoms with E-state index in [1.54, 1.807) is 29.3 Å². The normalized spacial score (nSPS) is 13.7. The van der Waals surface area contributed by atoms with Crippen molar-refractivity contribution in [3.05, 3.63) is 78.2 Å². The number of hydrogen-bond acceptors (Lipinski definition) is 5. The number of phenols is 1. The van der Waals surface area contributed by atoms with Gasteiger partial charge < -0.3 is 25.0 Å². The number of phenolic OH excluding ortho intramolecular Hbond substituents is 1. The van der Waals surface area contributed by atoms with E-state index in [0.29, 0.717) is 44.4 Å². The molecule has 0 saturated carbocycles. The number of rotatable bonds is 5. The maximum absolute atomic E-state index is 13.0. The van der Waals surface area contributed by atoms with Crippen LogP contribution >= 0.6 is 0 Å². The molecule has 2 aromatic carbocycles. The minimum atomic E-state index is -0.327. The quantitative estimate of drug-likeness (QED) is 0.655. The summed E-state index contributed by atoms with van der Waals surface area (Å²) in [5.41, 5.74) is 1.80. The highest BCUT2D eigenvalue weighted by Crippen LogP contribution is 2.22. The molecule has 1 aliphatic heterocycles. The van der Waals surface area contributed by atoms with Crippen LogP contribution in [0.25, 0.3) is 0 Å². The van der Waals surface area contributed by atoms with Crippen molar-refractivity contribution in [2.75, 3.05) is 31.1 Å². The van der Waals surface area contributed by atoms with Gasteiger partial charge in [-0.2, -0.15) is 0 Å². The van der Waals surface area contributed by atoms with E-state index < -0.39 is 0 Å². The molecule has 2 amide bonds. The SMILES string of the molecule is O=C(NCc1ccc(Oc2ccc(F)cc2)nc1)N1CCN(c2cccc(O)c2)CC1. The lowest BCUT2D eigenvalue weighted by molar-refractivity contribution is 0.194. The number of carbonyl (C=O) groups excluding carboxylic acids is 1. The van der Waals surface area contributed by atoms with Gasteiger partial charge in [-0.05, 0) is 42.0 Å². The van der Waals surface area contributed by atoms with Crippen molar-refractivity contribution in [2.24, 2.45) is 0 Å². The van der Waals surface area contributed by atoms with Gasteiger partial charge in [-0.25, -0.2) is 14.2 Å². The van der Waals surface area contributed by atoms with Gasteiger partial charge in [-0.1, -0.05) is 12.1 Å². The van der Waals surface area contributed by atoms with E-state index in [9.17, 15) is 14.3 Å². The first kappa shape index (κ1) is 20.5. The zero-order chi connectivity index (χ0) is 21.6. The second-order valence-electron chi connectivity index (χ2n) is 7.21. The fourth-order valence-electron chi connectivity index (χ4n) is 3.35. The van der Waals surface area contributed by atoms with Crippen LogP contribution in [0.1, 0.15) is 5.56 Å². The Bertz CT molecular complexity index is 1020. The van der Waals surface area contributed by atoms with Gasteiger partial charge in [-0.15, -0.1) is 0 Å². The molecule has 1 aromatic heterocycles. The third kappa shape index (κ3) is 5.42. The van der Waals surface area contributed by atoms with Gasteiger partial charge in [0.05, 0.1) is 0 Å². The van der Waals surface area contributed by atoms with Gasteiger partial charge in [-0.3, -0.25) is 0 Å². The van der Waals surface area contributed by atoms with Crippen LogP contribution in [0.3, 0.4) is 0 Å². The summed E-state index contributed by atoms with van der Waals surface area (Å²) >= 11 is 0. The number of aromatic hydroxyl groups is 1. The molecule has 31 heavy (non-hydrogen) atoms. The molecule has 1 fully saturated rings.